The maximum absolute atomic E-state index is 11.1. The van der Waals surface area contributed by atoms with Gasteiger partial charge in [0.05, 0.1) is 17.2 Å². The van der Waals surface area contributed by atoms with Crippen LogP contribution in [0.2, 0.25) is 5.02 Å². The lowest BCUT2D eigenvalue weighted by molar-refractivity contribution is 0.100. The zero-order chi connectivity index (χ0) is 12.3. The monoisotopic (exact) mass is 254 g/mol. The summed E-state index contributed by atoms with van der Waals surface area (Å²) in [5.41, 5.74) is 6.43. The number of carbonyl (C=O) groups excluding carboxylic acids is 1. The molecule has 0 radical (unpaired) electrons. The fourth-order valence-electron chi connectivity index (χ4n) is 1.83. The highest BCUT2D eigenvalue weighted by molar-refractivity contribution is 6.33. The van der Waals surface area contributed by atoms with Crippen LogP contribution in [0.3, 0.4) is 0 Å². The molecule has 1 aliphatic rings. The van der Waals surface area contributed by atoms with Crippen LogP contribution in [-0.4, -0.2) is 25.7 Å². The van der Waals surface area contributed by atoms with Crippen LogP contribution >= 0.6 is 11.6 Å². The second-order valence-electron chi connectivity index (χ2n) is 4.17. The number of anilines is 1. The topological polar surface area (TPSA) is 64.4 Å². The lowest BCUT2D eigenvalue weighted by atomic mass is 10.1. The minimum atomic E-state index is -0.511. The molecule has 0 saturated carbocycles. The Bertz CT molecular complexity index is 417. The van der Waals surface area contributed by atoms with E-state index in [0.29, 0.717) is 16.5 Å². The van der Waals surface area contributed by atoms with Crippen LogP contribution in [-0.2, 0) is 4.74 Å². The molecule has 1 aromatic rings. The van der Waals surface area contributed by atoms with E-state index in [9.17, 15) is 4.79 Å². The van der Waals surface area contributed by atoms with Gasteiger partial charge in [-0.1, -0.05) is 11.6 Å². The van der Waals surface area contributed by atoms with E-state index in [0.717, 1.165) is 31.9 Å². The summed E-state index contributed by atoms with van der Waals surface area (Å²) in [5.74, 6) is 0.0190. The smallest absolute Gasteiger partial charge is 0.250 e. The number of nitrogens with two attached hydrogens (primary N) is 1. The van der Waals surface area contributed by atoms with Gasteiger partial charge in [-0.2, -0.15) is 0 Å². The maximum atomic E-state index is 11.1. The van der Waals surface area contributed by atoms with Crippen LogP contribution in [0, 0.1) is 5.92 Å². The van der Waals surface area contributed by atoms with Crippen LogP contribution in [0.4, 0.5) is 5.69 Å². The van der Waals surface area contributed by atoms with E-state index in [1.807, 2.05) is 6.07 Å². The quantitative estimate of drug-likeness (QED) is 0.862. The lowest BCUT2D eigenvalue weighted by Gasteiger charge is -2.11. The van der Waals surface area contributed by atoms with Gasteiger partial charge in [-0.3, -0.25) is 4.79 Å². The summed E-state index contributed by atoms with van der Waals surface area (Å²) in [6, 6.07) is 5.19. The number of ether oxygens (including phenoxy) is 1. The average Bonchev–Trinajstić information content (AvgIpc) is 2.80. The molecule has 1 saturated heterocycles. The number of nitrogens with one attached hydrogen (secondary N) is 1. The first-order valence-corrected chi connectivity index (χ1v) is 5.95. The molecule has 5 heteroatoms. The van der Waals surface area contributed by atoms with Gasteiger partial charge in [0.15, 0.2) is 0 Å². The molecular formula is C12H15ClN2O2. The Balaban J connectivity index is 2.00. The number of hydrogen-bond donors (Lipinski definition) is 2. The fraction of sp³-hybridized carbons (Fsp3) is 0.417. The zero-order valence-corrected chi connectivity index (χ0v) is 10.2. The van der Waals surface area contributed by atoms with Crippen LogP contribution in [0.1, 0.15) is 16.8 Å². The van der Waals surface area contributed by atoms with Crippen molar-refractivity contribution in [3.05, 3.63) is 28.8 Å². The van der Waals surface area contributed by atoms with E-state index in [-0.39, 0.29) is 0 Å². The Kier molecular flexibility index (Phi) is 3.86. The zero-order valence-electron chi connectivity index (χ0n) is 9.41. The number of benzene rings is 1. The standard InChI is InChI=1S/C12H15ClN2O2/c13-11-2-1-9(5-10(11)12(14)16)15-6-8-3-4-17-7-8/h1-2,5,8,15H,3-4,6-7H2,(H2,14,16). The number of amides is 1. The number of halogens is 1. The van der Waals surface area contributed by atoms with Crippen LogP contribution in [0.25, 0.3) is 0 Å². The average molecular weight is 255 g/mol. The molecule has 1 fully saturated rings. The SMILES string of the molecule is NC(=O)c1cc(NCC2CCOC2)ccc1Cl. The van der Waals surface area contributed by atoms with E-state index in [1.54, 1.807) is 12.1 Å². The number of rotatable bonds is 4. The third kappa shape index (κ3) is 3.11. The Labute approximate surface area is 105 Å². The van der Waals surface area contributed by atoms with Gasteiger partial charge < -0.3 is 15.8 Å². The molecular weight excluding hydrogens is 240 g/mol. The molecule has 1 aromatic carbocycles. The normalized spacial score (nSPS) is 19.2. The molecule has 2 rings (SSSR count). The third-order valence-electron chi connectivity index (χ3n) is 2.85. The van der Waals surface area contributed by atoms with Crippen molar-refractivity contribution in [2.75, 3.05) is 25.1 Å². The molecule has 0 aromatic heterocycles. The minimum Gasteiger partial charge on any atom is -0.385 e. The Morgan fingerprint density at radius 3 is 3.06 bits per heavy atom. The Morgan fingerprint density at radius 1 is 1.59 bits per heavy atom. The van der Waals surface area contributed by atoms with Crippen molar-refractivity contribution < 1.29 is 9.53 Å². The second-order valence-corrected chi connectivity index (χ2v) is 4.58. The molecule has 1 aliphatic heterocycles. The molecule has 0 spiro atoms. The summed E-state index contributed by atoms with van der Waals surface area (Å²) in [7, 11) is 0. The van der Waals surface area contributed by atoms with Gasteiger partial charge in [0.2, 0.25) is 5.91 Å². The Morgan fingerprint density at radius 2 is 2.41 bits per heavy atom. The Hall–Kier alpha value is -1.26. The van der Waals surface area contributed by atoms with Gasteiger partial charge in [0.25, 0.3) is 0 Å². The molecule has 1 atom stereocenters. The summed E-state index contributed by atoms with van der Waals surface area (Å²) in [6.07, 6.45) is 1.07. The first-order valence-electron chi connectivity index (χ1n) is 5.58. The van der Waals surface area contributed by atoms with Crippen molar-refractivity contribution in [2.24, 2.45) is 11.7 Å². The molecule has 0 bridgehead atoms. The van der Waals surface area contributed by atoms with Crippen LogP contribution in [0.15, 0.2) is 18.2 Å². The largest absolute Gasteiger partial charge is 0.385 e. The molecule has 92 valence electrons. The van der Waals surface area contributed by atoms with Crippen LogP contribution in [0.5, 0.6) is 0 Å². The predicted octanol–water partition coefficient (Wildman–Crippen LogP) is 1.89. The van der Waals surface area contributed by atoms with Crippen LogP contribution < -0.4 is 11.1 Å². The summed E-state index contributed by atoms with van der Waals surface area (Å²) in [4.78, 5) is 11.1. The third-order valence-corrected chi connectivity index (χ3v) is 3.18. The van der Waals surface area contributed by atoms with Crippen molar-refractivity contribution in [1.82, 2.24) is 0 Å². The highest BCUT2D eigenvalue weighted by atomic mass is 35.5. The summed E-state index contributed by atoms with van der Waals surface area (Å²) in [5, 5.41) is 3.64. The minimum absolute atomic E-state index is 0.347. The van der Waals surface area contributed by atoms with Gasteiger partial charge in [0, 0.05) is 24.8 Å². The highest BCUT2D eigenvalue weighted by Crippen LogP contribution is 2.21. The summed E-state index contributed by atoms with van der Waals surface area (Å²) in [6.45, 7) is 2.46. The van der Waals surface area contributed by atoms with Gasteiger partial charge in [0.1, 0.15) is 0 Å². The number of primary amides is 1. The van der Waals surface area contributed by atoms with Crippen molar-refractivity contribution in [3.8, 4) is 0 Å². The maximum Gasteiger partial charge on any atom is 0.250 e. The molecule has 1 amide bonds. The van der Waals surface area contributed by atoms with E-state index in [2.05, 4.69) is 5.32 Å². The van der Waals surface area contributed by atoms with Gasteiger partial charge in [-0.15, -0.1) is 0 Å². The van der Waals surface area contributed by atoms with Gasteiger partial charge in [-0.25, -0.2) is 0 Å². The number of hydrogen-bond acceptors (Lipinski definition) is 3. The van der Waals surface area contributed by atoms with E-state index >= 15 is 0 Å². The first-order chi connectivity index (χ1) is 8.16. The van der Waals surface area contributed by atoms with Crippen molar-refractivity contribution in [2.45, 2.75) is 6.42 Å². The van der Waals surface area contributed by atoms with Gasteiger partial charge >= 0.3 is 0 Å². The molecule has 0 aliphatic carbocycles. The lowest BCUT2D eigenvalue weighted by Crippen LogP contribution is -2.15. The molecule has 1 unspecified atom stereocenters. The molecule has 4 nitrogen and oxygen atoms in total. The molecule has 1 heterocycles. The van der Waals surface area contributed by atoms with Crippen molar-refractivity contribution >= 4 is 23.2 Å². The fourth-order valence-corrected chi connectivity index (χ4v) is 2.04. The van der Waals surface area contributed by atoms with Crippen molar-refractivity contribution in [3.63, 3.8) is 0 Å². The summed E-state index contributed by atoms with van der Waals surface area (Å²) < 4.78 is 5.29. The first kappa shape index (κ1) is 12.2. The number of carbonyl (C=O) groups is 1. The summed E-state index contributed by atoms with van der Waals surface area (Å²) >= 11 is 5.87. The van der Waals surface area contributed by atoms with Crippen molar-refractivity contribution in [1.29, 1.82) is 0 Å². The van der Waals surface area contributed by atoms with Gasteiger partial charge in [-0.05, 0) is 24.6 Å². The van der Waals surface area contributed by atoms with E-state index < -0.39 is 5.91 Å². The predicted molar refractivity (Wildman–Crippen MR) is 67.4 cm³/mol. The molecule has 17 heavy (non-hydrogen) atoms. The highest BCUT2D eigenvalue weighted by Gasteiger charge is 2.15. The second kappa shape index (κ2) is 5.38. The molecule has 3 N–H and O–H groups in total. The van der Waals surface area contributed by atoms with E-state index in [1.165, 1.54) is 0 Å². The van der Waals surface area contributed by atoms with E-state index in [4.69, 9.17) is 22.1 Å².